The van der Waals surface area contributed by atoms with E-state index in [1.54, 1.807) is 0 Å². The second-order valence-electron chi connectivity index (χ2n) is 8.06. The van der Waals surface area contributed by atoms with Gasteiger partial charge in [0, 0.05) is 20.1 Å². The van der Waals surface area contributed by atoms with Crippen LogP contribution in [0.15, 0.2) is 36.4 Å². The van der Waals surface area contributed by atoms with Gasteiger partial charge in [0.1, 0.15) is 5.75 Å². The minimum Gasteiger partial charge on any atom is -0.468 e. The van der Waals surface area contributed by atoms with Crippen molar-refractivity contribution in [2.45, 2.75) is 56.8 Å². The van der Waals surface area contributed by atoms with Crippen molar-refractivity contribution in [3.8, 4) is 5.75 Å². The molecule has 1 unspecified atom stereocenters. The first kappa shape index (κ1) is 19.2. The number of hydrogen-bond donors (Lipinski definition) is 1. The molecule has 0 bridgehead atoms. The van der Waals surface area contributed by atoms with Crippen LogP contribution in [0.1, 0.15) is 31.2 Å². The Morgan fingerprint density at radius 3 is 2.71 bits per heavy atom. The summed E-state index contributed by atoms with van der Waals surface area (Å²) in [5.74, 6) is 0.798. The van der Waals surface area contributed by atoms with E-state index in [0.717, 1.165) is 48.8 Å². The fraction of sp³-hybridized carbons (Fsp3) is 0.600. The minimum atomic E-state index is -1.06. The van der Waals surface area contributed by atoms with E-state index in [4.69, 9.17) is 9.47 Å². The Balaban J connectivity index is 1.97. The number of rotatable bonds is 8. The van der Waals surface area contributed by atoms with Gasteiger partial charge in [0.2, 0.25) is 0 Å². The van der Waals surface area contributed by atoms with Crippen LogP contribution >= 0.6 is 0 Å². The molecule has 0 amide bonds. The summed E-state index contributed by atoms with van der Waals surface area (Å²) < 4.78 is 11.4. The molecule has 1 aromatic carbocycles. The first-order valence-corrected chi connectivity index (χ1v) is 12.7. The zero-order valence-electron chi connectivity index (χ0n) is 15.4. The van der Waals surface area contributed by atoms with Crippen molar-refractivity contribution in [1.82, 2.24) is 0 Å². The van der Waals surface area contributed by atoms with Crippen molar-refractivity contribution in [2.24, 2.45) is 0 Å². The van der Waals surface area contributed by atoms with Gasteiger partial charge in [-0.2, -0.15) is 0 Å². The molecule has 3 nitrogen and oxygen atoms in total. The zero-order valence-corrected chi connectivity index (χ0v) is 16.4. The van der Waals surface area contributed by atoms with Crippen molar-refractivity contribution in [1.29, 1.82) is 0 Å². The smallest absolute Gasteiger partial charge is 0.189 e. The summed E-state index contributed by atoms with van der Waals surface area (Å²) in [4.78, 5) is 0. The summed E-state index contributed by atoms with van der Waals surface area (Å²) in [5.41, 5.74) is 1.94. The van der Waals surface area contributed by atoms with Crippen molar-refractivity contribution in [2.75, 3.05) is 20.0 Å². The lowest BCUT2D eigenvalue weighted by Gasteiger charge is -2.38. The van der Waals surface area contributed by atoms with E-state index in [9.17, 15) is 5.11 Å². The van der Waals surface area contributed by atoms with Crippen LogP contribution in [0.25, 0.3) is 0 Å². The van der Waals surface area contributed by atoms with E-state index >= 15 is 0 Å². The topological polar surface area (TPSA) is 38.7 Å². The average molecular weight is 349 g/mol. The van der Waals surface area contributed by atoms with Gasteiger partial charge < -0.3 is 14.6 Å². The molecule has 1 saturated carbocycles. The highest BCUT2D eigenvalue weighted by Crippen LogP contribution is 2.43. The molecule has 24 heavy (non-hydrogen) atoms. The molecular weight excluding hydrogens is 316 g/mol. The van der Waals surface area contributed by atoms with Crippen LogP contribution in [0, 0.1) is 0 Å². The highest BCUT2D eigenvalue weighted by Gasteiger charge is 2.36. The number of hydrogen-bond acceptors (Lipinski definition) is 3. The number of aliphatic hydroxyl groups excluding tert-OH is 1. The molecule has 1 fully saturated rings. The molecule has 1 aromatic rings. The Morgan fingerprint density at radius 2 is 2.04 bits per heavy atom. The van der Waals surface area contributed by atoms with E-state index in [1.807, 2.05) is 18.2 Å². The first-order chi connectivity index (χ1) is 11.4. The molecule has 0 aliphatic heterocycles. The van der Waals surface area contributed by atoms with Gasteiger partial charge in [-0.1, -0.05) is 50.3 Å². The summed E-state index contributed by atoms with van der Waals surface area (Å²) in [7, 11) is -1.06. The molecule has 2 rings (SSSR count). The second kappa shape index (κ2) is 8.32. The Bertz CT molecular complexity index is 550. The third kappa shape index (κ3) is 4.95. The van der Waals surface area contributed by atoms with Gasteiger partial charge in [-0.3, -0.25) is 0 Å². The van der Waals surface area contributed by atoms with Crippen molar-refractivity contribution in [3.63, 3.8) is 0 Å². The van der Waals surface area contributed by atoms with Crippen LogP contribution in [0.4, 0.5) is 0 Å². The maximum atomic E-state index is 10.1. The highest BCUT2D eigenvalue weighted by atomic mass is 28.3. The van der Waals surface area contributed by atoms with Crippen molar-refractivity contribution >= 4 is 8.07 Å². The lowest BCUT2D eigenvalue weighted by molar-refractivity contribution is 0.0219. The molecular formula is C20H32O3Si. The van der Waals surface area contributed by atoms with Gasteiger partial charge in [-0.05, 0) is 43.0 Å². The lowest BCUT2D eigenvalue weighted by atomic mass is 9.67. The molecule has 1 atom stereocenters. The molecule has 0 saturated heterocycles. The van der Waals surface area contributed by atoms with Crippen LogP contribution in [0.2, 0.25) is 25.7 Å². The largest absolute Gasteiger partial charge is 0.468 e. The van der Waals surface area contributed by atoms with E-state index in [2.05, 4.69) is 32.3 Å². The highest BCUT2D eigenvalue weighted by molar-refractivity contribution is 6.76. The van der Waals surface area contributed by atoms with Crippen LogP contribution in [0.3, 0.4) is 0 Å². The Hall–Kier alpha value is -1.10. The number of aliphatic hydroxyl groups is 1. The zero-order chi connectivity index (χ0) is 17.6. The van der Waals surface area contributed by atoms with Crippen molar-refractivity contribution < 1.29 is 14.6 Å². The molecule has 0 radical (unpaired) electrons. The number of benzene rings is 1. The van der Waals surface area contributed by atoms with E-state index in [-0.39, 0.29) is 18.8 Å². The van der Waals surface area contributed by atoms with Gasteiger partial charge in [0.15, 0.2) is 6.79 Å². The van der Waals surface area contributed by atoms with Crippen LogP contribution < -0.4 is 4.74 Å². The normalized spacial score (nSPS) is 21.8. The molecule has 0 heterocycles. The summed E-state index contributed by atoms with van der Waals surface area (Å²) in [6.45, 7) is 12.4. The summed E-state index contributed by atoms with van der Waals surface area (Å²) in [6.07, 6.45) is 4.25. The summed E-state index contributed by atoms with van der Waals surface area (Å²) >= 11 is 0. The maximum absolute atomic E-state index is 10.1. The maximum Gasteiger partial charge on any atom is 0.189 e. The SMILES string of the molecule is C=C1CCCCC1(CO)c1cccc(OCOCC[Si](C)(C)C)c1. The van der Waals surface area contributed by atoms with Gasteiger partial charge in [-0.15, -0.1) is 0 Å². The molecule has 1 aliphatic rings. The molecule has 134 valence electrons. The molecule has 1 N–H and O–H groups in total. The lowest BCUT2D eigenvalue weighted by Crippen LogP contribution is -2.35. The monoisotopic (exact) mass is 348 g/mol. The number of ether oxygens (including phenoxy) is 2. The summed E-state index contributed by atoms with van der Waals surface area (Å²) in [6, 6.07) is 9.19. The second-order valence-corrected chi connectivity index (χ2v) is 13.7. The fourth-order valence-corrected chi connectivity index (χ4v) is 4.00. The Labute approximate surface area is 147 Å². The van der Waals surface area contributed by atoms with Crippen LogP contribution in [0.5, 0.6) is 5.75 Å². The molecule has 4 heteroatoms. The van der Waals surface area contributed by atoms with Crippen LogP contribution in [-0.4, -0.2) is 33.2 Å². The van der Waals surface area contributed by atoms with Crippen LogP contribution in [-0.2, 0) is 10.2 Å². The predicted molar refractivity (Wildman–Crippen MR) is 102 cm³/mol. The first-order valence-electron chi connectivity index (χ1n) is 8.98. The van der Waals surface area contributed by atoms with Gasteiger partial charge in [-0.25, -0.2) is 0 Å². The third-order valence-corrected chi connectivity index (χ3v) is 6.67. The summed E-state index contributed by atoms with van der Waals surface area (Å²) in [5, 5.41) is 10.1. The van der Waals surface area contributed by atoms with E-state index in [1.165, 1.54) is 6.42 Å². The van der Waals surface area contributed by atoms with Gasteiger partial charge >= 0.3 is 0 Å². The Morgan fingerprint density at radius 1 is 1.25 bits per heavy atom. The average Bonchev–Trinajstić information content (AvgIpc) is 2.54. The quantitative estimate of drug-likeness (QED) is 0.319. The minimum absolute atomic E-state index is 0.113. The third-order valence-electron chi connectivity index (χ3n) is 4.97. The molecule has 0 aromatic heterocycles. The fourth-order valence-electron chi connectivity index (χ4n) is 3.24. The van der Waals surface area contributed by atoms with Gasteiger partial charge in [0.05, 0.1) is 6.61 Å². The predicted octanol–water partition coefficient (Wildman–Crippen LogP) is 4.74. The van der Waals surface area contributed by atoms with E-state index < -0.39 is 8.07 Å². The van der Waals surface area contributed by atoms with Gasteiger partial charge in [0.25, 0.3) is 0 Å². The van der Waals surface area contributed by atoms with E-state index in [0.29, 0.717) is 0 Å². The Kier molecular flexibility index (Phi) is 6.67. The van der Waals surface area contributed by atoms with Crippen molar-refractivity contribution in [3.05, 3.63) is 42.0 Å². The standard InChI is InChI=1S/C20H32O3Si/c1-17-8-5-6-11-20(17,15-21)18-9-7-10-19(14-18)23-16-22-12-13-24(2,3)4/h7,9-10,14,21H,1,5-6,8,11-13,15-16H2,2-4H3. The molecule has 1 aliphatic carbocycles. The molecule has 0 spiro atoms.